The number of rotatable bonds is 4. The van der Waals surface area contributed by atoms with Gasteiger partial charge in [0.05, 0.1) is 6.10 Å². The maximum absolute atomic E-state index is 6.14. The van der Waals surface area contributed by atoms with Crippen molar-refractivity contribution in [2.24, 2.45) is 0 Å². The summed E-state index contributed by atoms with van der Waals surface area (Å²) < 4.78 is 5.87. The Morgan fingerprint density at radius 2 is 1.72 bits per heavy atom. The van der Waals surface area contributed by atoms with Crippen molar-refractivity contribution in [1.82, 2.24) is 0 Å². The van der Waals surface area contributed by atoms with Crippen molar-refractivity contribution in [3.05, 3.63) is 64.7 Å². The SMILES string of the molecule is Cc1ccc(OC(C)Cc2ccccc2Cl)cc1. The molecule has 2 aromatic rings. The molecule has 0 amide bonds. The Kier molecular flexibility index (Phi) is 4.27. The van der Waals surface area contributed by atoms with Gasteiger partial charge >= 0.3 is 0 Å². The standard InChI is InChI=1S/C16H17ClO/c1-12-7-9-15(10-8-12)18-13(2)11-14-5-3-4-6-16(14)17/h3-10,13H,11H2,1-2H3. The minimum atomic E-state index is 0.104. The average molecular weight is 261 g/mol. The van der Waals surface area contributed by atoms with Crippen molar-refractivity contribution in [3.8, 4) is 5.75 Å². The number of aryl methyl sites for hydroxylation is 1. The fourth-order valence-corrected chi connectivity index (χ4v) is 2.08. The van der Waals surface area contributed by atoms with E-state index in [9.17, 15) is 0 Å². The zero-order valence-electron chi connectivity index (χ0n) is 10.7. The van der Waals surface area contributed by atoms with E-state index in [1.54, 1.807) is 0 Å². The maximum atomic E-state index is 6.14. The van der Waals surface area contributed by atoms with Crippen LogP contribution < -0.4 is 4.74 Å². The summed E-state index contributed by atoms with van der Waals surface area (Å²) in [5, 5.41) is 0.803. The van der Waals surface area contributed by atoms with Gasteiger partial charge in [-0.25, -0.2) is 0 Å². The van der Waals surface area contributed by atoms with E-state index < -0.39 is 0 Å². The summed E-state index contributed by atoms with van der Waals surface area (Å²) in [4.78, 5) is 0. The minimum absolute atomic E-state index is 0.104. The lowest BCUT2D eigenvalue weighted by molar-refractivity contribution is 0.222. The van der Waals surface area contributed by atoms with Gasteiger partial charge in [-0.3, -0.25) is 0 Å². The zero-order valence-corrected chi connectivity index (χ0v) is 11.4. The van der Waals surface area contributed by atoms with Gasteiger partial charge in [0.15, 0.2) is 0 Å². The Balaban J connectivity index is 1.99. The van der Waals surface area contributed by atoms with Gasteiger partial charge in [-0.2, -0.15) is 0 Å². The van der Waals surface area contributed by atoms with Crippen LogP contribution in [0.2, 0.25) is 5.02 Å². The van der Waals surface area contributed by atoms with E-state index in [0.717, 1.165) is 22.8 Å². The molecule has 18 heavy (non-hydrogen) atoms. The van der Waals surface area contributed by atoms with E-state index in [1.807, 2.05) is 36.4 Å². The third-order valence-corrected chi connectivity index (χ3v) is 3.19. The molecule has 0 N–H and O–H groups in total. The molecule has 2 rings (SSSR count). The second kappa shape index (κ2) is 5.92. The van der Waals surface area contributed by atoms with Crippen molar-refractivity contribution >= 4 is 11.6 Å². The third-order valence-electron chi connectivity index (χ3n) is 2.82. The van der Waals surface area contributed by atoms with E-state index >= 15 is 0 Å². The van der Waals surface area contributed by atoms with E-state index in [-0.39, 0.29) is 6.10 Å². The Morgan fingerprint density at radius 3 is 2.39 bits per heavy atom. The van der Waals surface area contributed by atoms with Crippen LogP contribution >= 0.6 is 11.6 Å². The number of ether oxygens (including phenoxy) is 1. The highest BCUT2D eigenvalue weighted by Gasteiger charge is 2.07. The van der Waals surface area contributed by atoms with E-state index in [4.69, 9.17) is 16.3 Å². The number of hydrogen-bond donors (Lipinski definition) is 0. The van der Waals surface area contributed by atoms with Crippen LogP contribution in [-0.2, 0) is 6.42 Å². The van der Waals surface area contributed by atoms with Gasteiger partial charge in [-0.1, -0.05) is 47.5 Å². The first-order chi connectivity index (χ1) is 8.65. The number of hydrogen-bond acceptors (Lipinski definition) is 1. The van der Waals surface area contributed by atoms with Crippen LogP contribution in [0.5, 0.6) is 5.75 Å². The molecule has 0 aliphatic heterocycles. The highest BCUT2D eigenvalue weighted by molar-refractivity contribution is 6.31. The van der Waals surface area contributed by atoms with E-state index in [1.165, 1.54) is 5.56 Å². The first kappa shape index (κ1) is 13.0. The van der Waals surface area contributed by atoms with Crippen molar-refractivity contribution in [2.45, 2.75) is 26.4 Å². The highest BCUT2D eigenvalue weighted by Crippen LogP contribution is 2.19. The number of halogens is 1. The summed E-state index contributed by atoms with van der Waals surface area (Å²) in [7, 11) is 0. The van der Waals surface area contributed by atoms with Gasteiger partial charge < -0.3 is 4.74 Å². The Morgan fingerprint density at radius 1 is 1.06 bits per heavy atom. The van der Waals surface area contributed by atoms with Gasteiger partial charge in [-0.15, -0.1) is 0 Å². The summed E-state index contributed by atoms with van der Waals surface area (Å²) in [6.45, 7) is 4.13. The summed E-state index contributed by atoms with van der Waals surface area (Å²) in [6.07, 6.45) is 0.917. The smallest absolute Gasteiger partial charge is 0.119 e. The van der Waals surface area contributed by atoms with Crippen LogP contribution in [0.3, 0.4) is 0 Å². The largest absolute Gasteiger partial charge is 0.490 e. The Labute approximate surface area is 113 Å². The van der Waals surface area contributed by atoms with Gasteiger partial charge in [-0.05, 0) is 37.6 Å². The lowest BCUT2D eigenvalue weighted by atomic mass is 10.1. The molecule has 0 saturated heterocycles. The summed E-state index contributed by atoms with van der Waals surface area (Å²) in [6, 6.07) is 16.0. The number of benzene rings is 2. The molecule has 0 spiro atoms. The van der Waals surface area contributed by atoms with Crippen molar-refractivity contribution in [3.63, 3.8) is 0 Å². The second-order valence-electron chi connectivity index (χ2n) is 4.54. The molecule has 2 heteroatoms. The van der Waals surface area contributed by atoms with Gasteiger partial charge in [0, 0.05) is 11.4 Å². The zero-order chi connectivity index (χ0) is 13.0. The molecule has 2 aromatic carbocycles. The summed E-state index contributed by atoms with van der Waals surface area (Å²) >= 11 is 6.14. The molecule has 0 bridgehead atoms. The predicted molar refractivity (Wildman–Crippen MR) is 76.4 cm³/mol. The molecule has 0 aliphatic rings. The van der Waals surface area contributed by atoms with Gasteiger partial charge in [0.2, 0.25) is 0 Å². The van der Waals surface area contributed by atoms with Crippen LogP contribution in [0.15, 0.2) is 48.5 Å². The van der Waals surface area contributed by atoms with Gasteiger partial charge in [0.1, 0.15) is 5.75 Å². The minimum Gasteiger partial charge on any atom is -0.490 e. The maximum Gasteiger partial charge on any atom is 0.119 e. The molecular weight excluding hydrogens is 244 g/mol. The van der Waals surface area contributed by atoms with E-state index in [2.05, 4.69) is 26.0 Å². The highest BCUT2D eigenvalue weighted by atomic mass is 35.5. The molecule has 1 nitrogen and oxygen atoms in total. The van der Waals surface area contributed by atoms with Crippen molar-refractivity contribution < 1.29 is 4.74 Å². The summed E-state index contributed by atoms with van der Waals surface area (Å²) in [5.41, 5.74) is 2.36. The summed E-state index contributed by atoms with van der Waals surface area (Å²) in [5.74, 6) is 0.903. The first-order valence-electron chi connectivity index (χ1n) is 6.12. The van der Waals surface area contributed by atoms with Gasteiger partial charge in [0.25, 0.3) is 0 Å². The molecule has 0 radical (unpaired) electrons. The fourth-order valence-electron chi connectivity index (χ4n) is 1.86. The lowest BCUT2D eigenvalue weighted by Crippen LogP contribution is -2.15. The fraction of sp³-hybridized carbons (Fsp3) is 0.250. The topological polar surface area (TPSA) is 9.23 Å². The second-order valence-corrected chi connectivity index (χ2v) is 4.94. The van der Waals surface area contributed by atoms with Crippen molar-refractivity contribution in [2.75, 3.05) is 0 Å². The van der Waals surface area contributed by atoms with Crippen LogP contribution in [0.4, 0.5) is 0 Å². The molecule has 94 valence electrons. The molecule has 0 fully saturated rings. The Bertz CT molecular complexity index is 505. The quantitative estimate of drug-likeness (QED) is 0.777. The molecular formula is C16H17ClO. The van der Waals surface area contributed by atoms with E-state index in [0.29, 0.717) is 0 Å². The lowest BCUT2D eigenvalue weighted by Gasteiger charge is -2.15. The normalized spacial score (nSPS) is 12.2. The molecule has 0 heterocycles. The average Bonchev–Trinajstić information content (AvgIpc) is 2.35. The molecule has 0 aromatic heterocycles. The van der Waals surface area contributed by atoms with Crippen LogP contribution in [0.25, 0.3) is 0 Å². The van der Waals surface area contributed by atoms with Crippen molar-refractivity contribution in [1.29, 1.82) is 0 Å². The monoisotopic (exact) mass is 260 g/mol. The molecule has 1 unspecified atom stereocenters. The molecule has 0 saturated carbocycles. The third kappa shape index (κ3) is 3.51. The molecule has 0 aliphatic carbocycles. The predicted octanol–water partition coefficient (Wildman–Crippen LogP) is 4.66. The van der Waals surface area contributed by atoms with Crippen LogP contribution in [0.1, 0.15) is 18.1 Å². The van der Waals surface area contributed by atoms with Crippen LogP contribution in [0, 0.1) is 6.92 Å². The first-order valence-corrected chi connectivity index (χ1v) is 6.49. The van der Waals surface area contributed by atoms with Crippen LogP contribution in [-0.4, -0.2) is 6.10 Å². The Hall–Kier alpha value is -1.47. The molecule has 1 atom stereocenters.